The number of nitrogens with zero attached hydrogens (tertiary/aromatic N) is 2. The minimum absolute atomic E-state index is 0.0814. The van der Waals surface area contributed by atoms with E-state index in [2.05, 4.69) is 44.8 Å². The minimum atomic E-state index is -0.243. The molecule has 6 rings (SSSR count). The maximum atomic E-state index is 12.8. The molecule has 2 N–H and O–H groups in total. The molecule has 1 atom stereocenters. The van der Waals surface area contributed by atoms with Crippen LogP contribution in [0.15, 0.2) is 66.9 Å². The van der Waals surface area contributed by atoms with E-state index >= 15 is 0 Å². The maximum absolute atomic E-state index is 12.8. The van der Waals surface area contributed by atoms with Crippen LogP contribution < -0.4 is 29.6 Å². The molecule has 1 aromatic heterocycles. The van der Waals surface area contributed by atoms with Crippen molar-refractivity contribution in [1.29, 1.82) is 0 Å². The quantitative estimate of drug-likeness (QED) is 0.327. The zero-order valence-electron chi connectivity index (χ0n) is 22.6. The van der Waals surface area contributed by atoms with Gasteiger partial charge >= 0.3 is 6.03 Å². The van der Waals surface area contributed by atoms with Crippen molar-refractivity contribution >= 4 is 22.6 Å². The lowest BCUT2D eigenvalue weighted by Gasteiger charge is -2.38. The number of urea groups is 1. The van der Waals surface area contributed by atoms with Crippen LogP contribution in [0.1, 0.15) is 22.7 Å². The molecule has 206 valence electrons. The van der Waals surface area contributed by atoms with Crippen molar-refractivity contribution in [1.82, 2.24) is 15.2 Å². The first-order valence-electron chi connectivity index (χ1n) is 13.4. The monoisotopic (exact) mass is 540 g/mol. The third-order valence-electron chi connectivity index (χ3n) is 7.56. The average molecular weight is 541 g/mol. The van der Waals surface area contributed by atoms with E-state index in [1.165, 1.54) is 11.1 Å². The Bertz CT molecular complexity index is 1540. The molecule has 0 fully saturated rings. The highest BCUT2D eigenvalue weighted by molar-refractivity contribution is 6.00. The number of hydrogen-bond acceptors (Lipinski definition) is 7. The van der Waals surface area contributed by atoms with Gasteiger partial charge in [0.25, 0.3) is 0 Å². The first-order valence-corrected chi connectivity index (χ1v) is 13.4. The molecule has 0 saturated heterocycles. The predicted octanol–water partition coefficient (Wildman–Crippen LogP) is 4.94. The fourth-order valence-corrected chi connectivity index (χ4v) is 5.56. The van der Waals surface area contributed by atoms with Crippen LogP contribution in [0.5, 0.6) is 23.0 Å². The van der Waals surface area contributed by atoms with E-state index in [9.17, 15) is 4.79 Å². The second kappa shape index (κ2) is 11.3. The van der Waals surface area contributed by atoms with Gasteiger partial charge in [-0.2, -0.15) is 0 Å². The largest absolute Gasteiger partial charge is 0.493 e. The number of fused-ring (bicyclic) bond motifs is 3. The molecule has 0 aliphatic carbocycles. The summed E-state index contributed by atoms with van der Waals surface area (Å²) in [5.74, 6) is 2.99. The number of hydrogen-bond donors (Lipinski definition) is 2. The van der Waals surface area contributed by atoms with Crippen molar-refractivity contribution in [2.24, 2.45) is 0 Å². The van der Waals surface area contributed by atoms with E-state index in [0.29, 0.717) is 18.8 Å². The third-order valence-corrected chi connectivity index (χ3v) is 7.56. The van der Waals surface area contributed by atoms with Gasteiger partial charge in [-0.05, 0) is 65.9 Å². The molecule has 9 nitrogen and oxygen atoms in total. The van der Waals surface area contributed by atoms with Gasteiger partial charge in [-0.25, -0.2) is 4.79 Å². The smallest absolute Gasteiger partial charge is 0.319 e. The summed E-state index contributed by atoms with van der Waals surface area (Å²) in [5.41, 5.74) is 5.17. The van der Waals surface area contributed by atoms with Gasteiger partial charge in [-0.3, -0.25) is 9.88 Å². The zero-order chi connectivity index (χ0) is 27.5. The van der Waals surface area contributed by atoms with E-state index in [1.807, 2.05) is 36.4 Å². The lowest BCUT2D eigenvalue weighted by molar-refractivity contribution is 0.173. The van der Waals surface area contributed by atoms with Crippen molar-refractivity contribution < 1.29 is 23.7 Å². The van der Waals surface area contributed by atoms with Crippen LogP contribution in [-0.4, -0.2) is 56.6 Å². The molecule has 0 spiro atoms. The summed E-state index contributed by atoms with van der Waals surface area (Å²) in [6, 6.07) is 19.7. The first kappa shape index (κ1) is 25.8. The van der Waals surface area contributed by atoms with Gasteiger partial charge in [0.05, 0.1) is 25.4 Å². The summed E-state index contributed by atoms with van der Waals surface area (Å²) in [5, 5.41) is 6.91. The number of carbonyl (C=O) groups excluding carboxylic acids is 1. The second-order valence-corrected chi connectivity index (χ2v) is 9.86. The van der Waals surface area contributed by atoms with Crippen LogP contribution in [0.4, 0.5) is 10.5 Å². The van der Waals surface area contributed by atoms with Crippen molar-refractivity contribution in [2.45, 2.75) is 18.9 Å². The molecular weight excluding hydrogens is 508 g/mol. The summed E-state index contributed by atoms with van der Waals surface area (Å²) < 4.78 is 22.4. The molecule has 0 saturated carbocycles. The molecule has 3 aromatic carbocycles. The Hall–Kier alpha value is -4.50. The molecular formula is C31H32N4O5. The molecule has 40 heavy (non-hydrogen) atoms. The molecule has 9 heteroatoms. The lowest BCUT2D eigenvalue weighted by atomic mass is 9.88. The number of para-hydroxylation sites is 1. The number of rotatable bonds is 8. The molecule has 4 aromatic rings. The van der Waals surface area contributed by atoms with Crippen LogP contribution in [0.25, 0.3) is 10.9 Å². The van der Waals surface area contributed by atoms with Crippen LogP contribution in [0.3, 0.4) is 0 Å². The van der Waals surface area contributed by atoms with Gasteiger partial charge < -0.3 is 29.6 Å². The summed E-state index contributed by atoms with van der Waals surface area (Å²) in [6.45, 7) is 2.29. The van der Waals surface area contributed by atoms with Crippen LogP contribution in [-0.2, 0) is 12.8 Å². The number of methoxy groups -OCH3 is 2. The fourth-order valence-electron chi connectivity index (χ4n) is 5.56. The van der Waals surface area contributed by atoms with Crippen molar-refractivity contribution in [3.05, 3.63) is 83.6 Å². The maximum Gasteiger partial charge on any atom is 0.319 e. The Balaban J connectivity index is 1.19. The van der Waals surface area contributed by atoms with Gasteiger partial charge in [-0.15, -0.1) is 0 Å². The van der Waals surface area contributed by atoms with E-state index in [0.717, 1.165) is 58.8 Å². The number of pyridine rings is 1. The molecule has 0 radical (unpaired) electrons. The lowest BCUT2D eigenvalue weighted by Crippen LogP contribution is -2.42. The highest BCUT2D eigenvalue weighted by atomic mass is 16.7. The summed E-state index contributed by atoms with van der Waals surface area (Å²) in [7, 11) is 3.32. The first-order chi connectivity index (χ1) is 19.6. The number of amides is 2. The Morgan fingerprint density at radius 2 is 1.85 bits per heavy atom. The number of anilines is 1. The van der Waals surface area contributed by atoms with E-state index in [-0.39, 0.29) is 18.9 Å². The molecule has 2 aliphatic heterocycles. The normalized spacial score (nSPS) is 15.9. The highest BCUT2D eigenvalue weighted by Crippen LogP contribution is 2.40. The van der Waals surface area contributed by atoms with Crippen molar-refractivity contribution in [3.63, 3.8) is 0 Å². The number of nitrogens with one attached hydrogen (secondary N) is 2. The highest BCUT2D eigenvalue weighted by Gasteiger charge is 2.30. The second-order valence-electron chi connectivity index (χ2n) is 9.86. The molecule has 2 amide bonds. The predicted molar refractivity (Wildman–Crippen MR) is 153 cm³/mol. The van der Waals surface area contributed by atoms with Crippen LogP contribution >= 0.6 is 0 Å². The number of carbonyl (C=O) groups is 1. The Kier molecular flexibility index (Phi) is 7.29. The standard InChI is InChI=1S/C31H32N4O5/c1-37-28-17-21-10-13-35(14-12-33-31(36)34-25-9-11-32-24-6-4-3-5-22(24)25)26(23(21)18-29(28)38-2)15-20-7-8-27-30(16-20)40-19-39-27/h3-9,11,16-18,26H,10,12-15,19H2,1-2H3,(H2,32,33,34,36). The Morgan fingerprint density at radius 1 is 1.02 bits per heavy atom. The van der Waals surface area contributed by atoms with Crippen LogP contribution in [0.2, 0.25) is 0 Å². The molecule has 3 heterocycles. The van der Waals surface area contributed by atoms with E-state index < -0.39 is 0 Å². The van der Waals surface area contributed by atoms with E-state index in [1.54, 1.807) is 20.4 Å². The topological polar surface area (TPSA) is 94.2 Å². The van der Waals surface area contributed by atoms with Gasteiger partial charge in [0, 0.05) is 37.3 Å². The summed E-state index contributed by atoms with van der Waals surface area (Å²) >= 11 is 0. The van der Waals surface area contributed by atoms with E-state index in [4.69, 9.17) is 18.9 Å². The fraction of sp³-hybridized carbons (Fsp3) is 0.290. The zero-order valence-corrected chi connectivity index (χ0v) is 22.6. The molecule has 0 bridgehead atoms. The summed E-state index contributed by atoms with van der Waals surface area (Å²) in [4.78, 5) is 19.6. The Labute approximate surface area is 233 Å². The molecule has 2 aliphatic rings. The average Bonchev–Trinajstić information content (AvgIpc) is 3.45. The number of ether oxygens (including phenoxy) is 4. The number of benzene rings is 3. The van der Waals surface area contributed by atoms with Crippen molar-refractivity contribution in [2.75, 3.05) is 46.0 Å². The van der Waals surface area contributed by atoms with Crippen molar-refractivity contribution in [3.8, 4) is 23.0 Å². The minimum Gasteiger partial charge on any atom is -0.493 e. The molecule has 1 unspecified atom stereocenters. The third kappa shape index (κ3) is 5.20. The van der Waals surface area contributed by atoms with Crippen LogP contribution in [0, 0.1) is 0 Å². The number of aromatic nitrogens is 1. The van der Waals surface area contributed by atoms with Gasteiger partial charge in [0.1, 0.15) is 0 Å². The Morgan fingerprint density at radius 3 is 2.73 bits per heavy atom. The SMILES string of the molecule is COc1cc2c(cc1OC)C(Cc1ccc3c(c1)OCO3)N(CCNC(=O)Nc1ccnc3ccccc13)CC2. The van der Waals surface area contributed by atoms with Gasteiger partial charge in [0.15, 0.2) is 23.0 Å². The van der Waals surface area contributed by atoms with Gasteiger partial charge in [0.2, 0.25) is 6.79 Å². The summed E-state index contributed by atoms with van der Waals surface area (Å²) in [6.07, 6.45) is 3.35. The van der Waals surface area contributed by atoms with Gasteiger partial charge in [-0.1, -0.05) is 24.3 Å².